The zero-order valence-corrected chi connectivity index (χ0v) is 13.7. The van der Waals surface area contributed by atoms with Gasteiger partial charge in [0.05, 0.1) is 12.2 Å². The van der Waals surface area contributed by atoms with Crippen LogP contribution in [0.1, 0.15) is 23.0 Å². The van der Waals surface area contributed by atoms with E-state index in [2.05, 4.69) is 15.8 Å². The lowest BCUT2D eigenvalue weighted by molar-refractivity contribution is -0.112. The fraction of sp³-hybridized carbons (Fsp3) is 0.176. The summed E-state index contributed by atoms with van der Waals surface area (Å²) in [5, 5.41) is 18.1. The number of nitrogens with zero attached hydrogens (tertiary/aromatic N) is 2. The van der Waals surface area contributed by atoms with Gasteiger partial charge in [0, 0.05) is 18.0 Å². The van der Waals surface area contributed by atoms with Crippen LogP contribution in [0.25, 0.3) is 0 Å². The van der Waals surface area contributed by atoms with Gasteiger partial charge in [-0.2, -0.15) is 5.26 Å². The van der Waals surface area contributed by atoms with Crippen LogP contribution in [0.2, 0.25) is 0 Å². The molecule has 25 heavy (non-hydrogen) atoms. The van der Waals surface area contributed by atoms with Gasteiger partial charge in [0.15, 0.2) is 5.82 Å². The maximum atomic E-state index is 12.1. The summed E-state index contributed by atoms with van der Waals surface area (Å²) >= 11 is 0. The van der Waals surface area contributed by atoms with E-state index in [0.29, 0.717) is 22.8 Å². The third kappa shape index (κ3) is 4.94. The first-order valence-corrected chi connectivity index (χ1v) is 7.42. The highest BCUT2D eigenvalue weighted by atomic mass is 16.5. The Labute approximate surface area is 144 Å². The van der Waals surface area contributed by atoms with Crippen LogP contribution in [0, 0.1) is 18.3 Å². The van der Waals surface area contributed by atoms with Gasteiger partial charge in [-0.05, 0) is 38.1 Å². The van der Waals surface area contributed by atoms with Gasteiger partial charge in [-0.3, -0.25) is 4.79 Å². The van der Waals surface area contributed by atoms with Gasteiger partial charge in [0.1, 0.15) is 17.4 Å². The Morgan fingerprint density at radius 1 is 1.36 bits per heavy atom. The van der Waals surface area contributed by atoms with Crippen molar-refractivity contribution in [3.8, 4) is 6.07 Å². The second-order valence-electron chi connectivity index (χ2n) is 4.89. The minimum absolute atomic E-state index is 0.143. The SMILES string of the molecule is CCOC(=O)c1ccc(NC(=O)/C(C#N)=C\Nc2cc(C)on2)cc1. The van der Waals surface area contributed by atoms with Crippen LogP contribution in [0.15, 0.2) is 46.6 Å². The number of carbonyl (C=O) groups excluding carboxylic acids is 2. The summed E-state index contributed by atoms with van der Waals surface area (Å²) in [6.45, 7) is 3.72. The molecule has 0 radical (unpaired) electrons. The van der Waals surface area contributed by atoms with E-state index < -0.39 is 11.9 Å². The normalized spacial score (nSPS) is 10.7. The van der Waals surface area contributed by atoms with Crippen LogP contribution in [0.5, 0.6) is 0 Å². The molecule has 1 aromatic heterocycles. The lowest BCUT2D eigenvalue weighted by atomic mass is 10.2. The van der Waals surface area contributed by atoms with Crippen LogP contribution in [-0.2, 0) is 9.53 Å². The Hall–Kier alpha value is -3.60. The molecule has 0 fully saturated rings. The Balaban J connectivity index is 2.01. The minimum atomic E-state index is -0.598. The molecule has 128 valence electrons. The number of anilines is 2. The maximum Gasteiger partial charge on any atom is 0.338 e. The van der Waals surface area contributed by atoms with E-state index >= 15 is 0 Å². The molecule has 2 aromatic rings. The van der Waals surface area contributed by atoms with Gasteiger partial charge in [-0.1, -0.05) is 5.16 Å². The highest BCUT2D eigenvalue weighted by molar-refractivity contribution is 6.06. The van der Waals surface area contributed by atoms with Crippen molar-refractivity contribution < 1.29 is 18.8 Å². The summed E-state index contributed by atoms with van der Waals surface area (Å²) in [7, 11) is 0. The zero-order chi connectivity index (χ0) is 18.2. The van der Waals surface area contributed by atoms with Crippen molar-refractivity contribution >= 4 is 23.4 Å². The van der Waals surface area contributed by atoms with E-state index in [-0.39, 0.29) is 12.2 Å². The summed E-state index contributed by atoms with van der Waals surface area (Å²) in [6, 6.07) is 9.58. The van der Waals surface area contributed by atoms with Crippen molar-refractivity contribution in [3.63, 3.8) is 0 Å². The number of amides is 1. The molecule has 0 saturated carbocycles. The number of nitrogens with one attached hydrogen (secondary N) is 2. The summed E-state index contributed by atoms with van der Waals surface area (Å²) in [4.78, 5) is 23.7. The second-order valence-corrected chi connectivity index (χ2v) is 4.89. The number of esters is 1. The van der Waals surface area contributed by atoms with Gasteiger partial charge in [0.2, 0.25) is 0 Å². The standard InChI is InChI=1S/C17H16N4O4/c1-3-24-17(23)12-4-6-14(7-5-12)20-16(22)13(9-18)10-19-15-8-11(2)25-21-15/h4-8,10H,3H2,1-2H3,(H,19,21)(H,20,22)/b13-10-. The average molecular weight is 340 g/mol. The lowest BCUT2D eigenvalue weighted by Crippen LogP contribution is -2.14. The zero-order valence-electron chi connectivity index (χ0n) is 13.7. The van der Waals surface area contributed by atoms with E-state index in [1.165, 1.54) is 18.3 Å². The fourth-order valence-electron chi connectivity index (χ4n) is 1.83. The topological polar surface area (TPSA) is 117 Å². The summed E-state index contributed by atoms with van der Waals surface area (Å²) in [5.74, 6) is -0.0541. The van der Waals surface area contributed by atoms with Gasteiger partial charge in [-0.15, -0.1) is 0 Å². The van der Waals surface area contributed by atoms with E-state index in [1.807, 2.05) is 0 Å². The van der Waals surface area contributed by atoms with Gasteiger partial charge in [-0.25, -0.2) is 4.79 Å². The molecule has 1 heterocycles. The molecule has 2 N–H and O–H groups in total. The van der Waals surface area contributed by atoms with Crippen LogP contribution in [0.4, 0.5) is 11.5 Å². The van der Waals surface area contributed by atoms with Gasteiger partial charge < -0.3 is 19.9 Å². The number of carbonyl (C=O) groups is 2. The third-order valence-electron chi connectivity index (χ3n) is 3.01. The van der Waals surface area contributed by atoms with Crippen LogP contribution < -0.4 is 10.6 Å². The monoisotopic (exact) mass is 340 g/mol. The molecule has 0 unspecified atom stereocenters. The number of hydrogen-bond acceptors (Lipinski definition) is 7. The number of rotatable bonds is 6. The maximum absolute atomic E-state index is 12.1. The molecular weight excluding hydrogens is 324 g/mol. The molecule has 2 rings (SSSR count). The van der Waals surface area contributed by atoms with E-state index in [0.717, 1.165) is 0 Å². The highest BCUT2D eigenvalue weighted by Crippen LogP contribution is 2.12. The van der Waals surface area contributed by atoms with Crippen molar-refractivity contribution in [2.45, 2.75) is 13.8 Å². The molecule has 1 amide bonds. The molecule has 8 nitrogen and oxygen atoms in total. The fourth-order valence-corrected chi connectivity index (χ4v) is 1.83. The molecule has 0 bridgehead atoms. The molecule has 8 heteroatoms. The molecule has 0 aliphatic rings. The number of hydrogen-bond donors (Lipinski definition) is 2. The van der Waals surface area contributed by atoms with E-state index in [4.69, 9.17) is 14.5 Å². The number of benzene rings is 1. The van der Waals surface area contributed by atoms with Crippen molar-refractivity contribution in [1.29, 1.82) is 5.26 Å². The number of nitriles is 1. The number of aryl methyl sites for hydroxylation is 1. The van der Waals surface area contributed by atoms with Crippen LogP contribution in [0.3, 0.4) is 0 Å². The van der Waals surface area contributed by atoms with Crippen LogP contribution >= 0.6 is 0 Å². The largest absolute Gasteiger partial charge is 0.462 e. The lowest BCUT2D eigenvalue weighted by Gasteiger charge is -2.06. The molecule has 1 aromatic carbocycles. The average Bonchev–Trinajstić information content (AvgIpc) is 3.01. The molecule has 0 atom stereocenters. The predicted octanol–water partition coefficient (Wildman–Crippen LogP) is 2.62. The predicted molar refractivity (Wildman–Crippen MR) is 89.6 cm³/mol. The van der Waals surface area contributed by atoms with E-state index in [9.17, 15) is 9.59 Å². The van der Waals surface area contributed by atoms with Crippen molar-refractivity contribution in [3.05, 3.63) is 53.4 Å². The highest BCUT2D eigenvalue weighted by Gasteiger charge is 2.11. The first-order chi connectivity index (χ1) is 12.0. The van der Waals surface area contributed by atoms with E-state index in [1.54, 1.807) is 38.1 Å². The first-order valence-electron chi connectivity index (χ1n) is 7.42. The van der Waals surface area contributed by atoms with Crippen molar-refractivity contribution in [2.24, 2.45) is 0 Å². The number of aromatic nitrogens is 1. The summed E-state index contributed by atoms with van der Waals surface area (Å²) < 4.78 is 9.75. The van der Waals surface area contributed by atoms with Crippen LogP contribution in [-0.4, -0.2) is 23.6 Å². The summed E-state index contributed by atoms with van der Waals surface area (Å²) in [5.41, 5.74) is 0.672. The van der Waals surface area contributed by atoms with Gasteiger partial charge >= 0.3 is 5.97 Å². The minimum Gasteiger partial charge on any atom is -0.462 e. The molecule has 0 aliphatic heterocycles. The summed E-state index contributed by atoms with van der Waals surface area (Å²) in [6.07, 6.45) is 1.24. The second kappa shape index (κ2) is 8.31. The Bertz CT molecular complexity index is 831. The third-order valence-corrected chi connectivity index (χ3v) is 3.01. The Morgan fingerprint density at radius 2 is 2.08 bits per heavy atom. The quantitative estimate of drug-likeness (QED) is 0.471. The molecule has 0 saturated heterocycles. The molecule has 0 aliphatic carbocycles. The first kappa shape index (κ1) is 17.7. The van der Waals surface area contributed by atoms with Crippen molar-refractivity contribution in [2.75, 3.05) is 17.2 Å². The molecular formula is C17H16N4O4. The smallest absolute Gasteiger partial charge is 0.338 e. The number of ether oxygens (including phenoxy) is 1. The molecule has 0 spiro atoms. The Kier molecular flexibility index (Phi) is 5.90. The van der Waals surface area contributed by atoms with Gasteiger partial charge in [0.25, 0.3) is 5.91 Å². The Morgan fingerprint density at radius 3 is 2.64 bits per heavy atom. The van der Waals surface area contributed by atoms with Crippen molar-refractivity contribution in [1.82, 2.24) is 5.16 Å².